The number of fused-ring (bicyclic) bond motifs is 1. The standard InChI is InChI=1S/C32H42N6O5/c1-5-23(39)12-7-6-8-14-26(33-28(40)27-20-32(43-37-27)15-17-38(18-16-32)21(2)3)31-36-35-30(42-31)24-19-22-11-9-10-13-25(22)34-29(24)41-4/h9-11,13,19,21,26H,5-8,12,14-18,20H2,1-4H3,(H,33,40)/t26-/m0/s1. The van der Waals surface area contributed by atoms with Crippen molar-refractivity contribution in [1.82, 2.24) is 25.4 Å². The monoisotopic (exact) mass is 590 g/mol. The van der Waals surface area contributed by atoms with Crippen LogP contribution in [0.2, 0.25) is 0 Å². The maximum Gasteiger partial charge on any atom is 0.269 e. The van der Waals surface area contributed by atoms with Crippen LogP contribution in [0.3, 0.4) is 0 Å². The van der Waals surface area contributed by atoms with E-state index in [0.717, 1.165) is 56.1 Å². The third kappa shape index (κ3) is 7.21. The lowest BCUT2D eigenvalue weighted by atomic mass is 9.86. The molecule has 230 valence electrons. The van der Waals surface area contributed by atoms with Crippen molar-refractivity contribution in [3.63, 3.8) is 0 Å². The molecule has 11 heteroatoms. The van der Waals surface area contributed by atoms with E-state index in [1.807, 2.05) is 37.3 Å². The largest absolute Gasteiger partial charge is 0.480 e. The number of para-hydroxylation sites is 1. The number of nitrogens with one attached hydrogen (secondary N) is 1. The van der Waals surface area contributed by atoms with Gasteiger partial charge in [0.15, 0.2) is 0 Å². The Labute approximate surface area is 252 Å². The van der Waals surface area contributed by atoms with Gasteiger partial charge in [-0.25, -0.2) is 4.98 Å². The zero-order valence-electron chi connectivity index (χ0n) is 25.6. The zero-order valence-corrected chi connectivity index (χ0v) is 25.6. The molecule has 0 unspecified atom stereocenters. The second-order valence-corrected chi connectivity index (χ2v) is 11.8. The lowest BCUT2D eigenvalue weighted by Crippen LogP contribution is -2.47. The van der Waals surface area contributed by atoms with Gasteiger partial charge in [-0.15, -0.1) is 10.2 Å². The lowest BCUT2D eigenvalue weighted by Gasteiger charge is -2.39. The van der Waals surface area contributed by atoms with Gasteiger partial charge < -0.3 is 24.2 Å². The number of likely N-dealkylation sites (tertiary alicyclic amines) is 1. The van der Waals surface area contributed by atoms with E-state index in [9.17, 15) is 9.59 Å². The Morgan fingerprint density at radius 1 is 1.12 bits per heavy atom. The van der Waals surface area contributed by atoms with Crippen LogP contribution in [0.25, 0.3) is 22.4 Å². The van der Waals surface area contributed by atoms with E-state index < -0.39 is 11.6 Å². The number of ketones is 1. The third-order valence-corrected chi connectivity index (χ3v) is 8.54. The first-order chi connectivity index (χ1) is 20.8. The van der Waals surface area contributed by atoms with Crippen LogP contribution in [0.1, 0.15) is 90.5 Å². The van der Waals surface area contributed by atoms with Crippen molar-refractivity contribution in [1.29, 1.82) is 0 Å². The van der Waals surface area contributed by atoms with Gasteiger partial charge in [0.1, 0.15) is 28.7 Å². The third-order valence-electron chi connectivity index (χ3n) is 8.54. The van der Waals surface area contributed by atoms with Crippen molar-refractivity contribution in [2.24, 2.45) is 5.16 Å². The summed E-state index contributed by atoms with van der Waals surface area (Å²) in [6.45, 7) is 8.11. The van der Waals surface area contributed by atoms with E-state index in [-0.39, 0.29) is 17.6 Å². The van der Waals surface area contributed by atoms with Gasteiger partial charge in [0, 0.05) is 56.6 Å². The number of pyridine rings is 1. The summed E-state index contributed by atoms with van der Waals surface area (Å²) in [4.78, 5) is 38.1. The van der Waals surface area contributed by atoms with Crippen LogP contribution < -0.4 is 10.1 Å². The summed E-state index contributed by atoms with van der Waals surface area (Å²) in [5, 5.41) is 16.9. The molecule has 1 fully saturated rings. The number of aromatic nitrogens is 3. The fourth-order valence-corrected chi connectivity index (χ4v) is 5.77. The molecule has 11 nitrogen and oxygen atoms in total. The number of hydrogen-bond acceptors (Lipinski definition) is 10. The topological polar surface area (TPSA) is 132 Å². The average molecular weight is 591 g/mol. The highest BCUT2D eigenvalue weighted by Crippen LogP contribution is 2.36. The number of benzene rings is 1. The molecule has 1 amide bonds. The number of ether oxygens (including phenoxy) is 1. The molecule has 3 aromatic rings. The first-order valence-corrected chi connectivity index (χ1v) is 15.4. The Bertz CT molecular complexity index is 1460. The van der Waals surface area contributed by atoms with Crippen LogP contribution in [0.5, 0.6) is 5.88 Å². The number of piperidine rings is 1. The molecule has 43 heavy (non-hydrogen) atoms. The molecular weight excluding hydrogens is 548 g/mol. The minimum absolute atomic E-state index is 0.260. The molecule has 1 spiro atoms. The summed E-state index contributed by atoms with van der Waals surface area (Å²) in [6, 6.07) is 9.58. The van der Waals surface area contributed by atoms with Crippen LogP contribution >= 0.6 is 0 Å². The normalized spacial score (nSPS) is 17.2. The van der Waals surface area contributed by atoms with E-state index >= 15 is 0 Å². The minimum Gasteiger partial charge on any atom is -0.480 e. The Hall–Kier alpha value is -3.86. The van der Waals surface area contributed by atoms with Gasteiger partial charge in [0.2, 0.25) is 11.8 Å². The minimum atomic E-state index is -0.530. The number of amides is 1. The number of unbranched alkanes of at least 4 members (excludes halogenated alkanes) is 2. The predicted molar refractivity (Wildman–Crippen MR) is 163 cm³/mol. The molecule has 1 N–H and O–H groups in total. The van der Waals surface area contributed by atoms with Gasteiger partial charge in [-0.2, -0.15) is 0 Å². The van der Waals surface area contributed by atoms with Gasteiger partial charge >= 0.3 is 0 Å². The molecule has 2 aliphatic heterocycles. The molecular formula is C32H42N6O5. The van der Waals surface area contributed by atoms with E-state index in [1.165, 1.54) is 0 Å². The van der Waals surface area contributed by atoms with E-state index in [0.29, 0.717) is 54.8 Å². The van der Waals surface area contributed by atoms with E-state index in [1.54, 1.807) is 7.11 Å². The predicted octanol–water partition coefficient (Wildman–Crippen LogP) is 5.40. The summed E-state index contributed by atoms with van der Waals surface area (Å²) >= 11 is 0. The maximum atomic E-state index is 13.5. The van der Waals surface area contributed by atoms with Crippen molar-refractivity contribution in [3.05, 3.63) is 36.2 Å². The molecule has 0 radical (unpaired) electrons. The molecule has 2 aromatic heterocycles. The molecule has 1 saturated heterocycles. The number of nitrogens with zero attached hydrogens (tertiary/aromatic N) is 5. The number of hydrogen-bond donors (Lipinski definition) is 1. The summed E-state index contributed by atoms with van der Waals surface area (Å²) in [5.41, 5.74) is 1.33. The Kier molecular flexibility index (Phi) is 9.69. The number of methoxy groups -OCH3 is 1. The molecule has 2 aliphatic rings. The first-order valence-electron chi connectivity index (χ1n) is 15.4. The molecule has 4 heterocycles. The summed E-state index contributed by atoms with van der Waals surface area (Å²) in [6.07, 6.45) is 6.27. The molecule has 1 atom stereocenters. The number of rotatable bonds is 13. The summed E-state index contributed by atoms with van der Waals surface area (Å²) in [5.74, 6) is 0.898. The van der Waals surface area contributed by atoms with Crippen molar-refractivity contribution in [3.8, 4) is 17.3 Å². The molecule has 5 rings (SSSR count). The van der Waals surface area contributed by atoms with Gasteiger partial charge in [0.05, 0.1) is 12.6 Å². The van der Waals surface area contributed by atoms with Crippen LogP contribution in [-0.2, 0) is 14.4 Å². The van der Waals surface area contributed by atoms with Crippen molar-refractivity contribution < 1.29 is 23.6 Å². The molecule has 0 bridgehead atoms. The Balaban J connectivity index is 1.30. The van der Waals surface area contributed by atoms with Gasteiger partial charge in [-0.1, -0.05) is 43.1 Å². The van der Waals surface area contributed by atoms with Crippen molar-refractivity contribution in [2.45, 2.75) is 96.2 Å². The highest BCUT2D eigenvalue weighted by molar-refractivity contribution is 6.39. The molecule has 1 aromatic carbocycles. The number of Topliss-reactive ketones (excluding diaryl/α,β-unsaturated/α-hetero) is 1. The Morgan fingerprint density at radius 3 is 2.65 bits per heavy atom. The number of carbonyl (C=O) groups is 2. The summed E-state index contributed by atoms with van der Waals surface area (Å²) in [7, 11) is 1.55. The average Bonchev–Trinajstić information content (AvgIpc) is 3.68. The second kappa shape index (κ2) is 13.6. The van der Waals surface area contributed by atoms with E-state index in [2.05, 4.69) is 44.4 Å². The lowest BCUT2D eigenvalue weighted by molar-refractivity contribution is -0.119. The van der Waals surface area contributed by atoms with E-state index in [4.69, 9.17) is 14.0 Å². The van der Waals surface area contributed by atoms with Gasteiger partial charge in [-0.05, 0) is 38.8 Å². The fraction of sp³-hybridized carbons (Fsp3) is 0.562. The smallest absolute Gasteiger partial charge is 0.269 e. The fourth-order valence-electron chi connectivity index (χ4n) is 5.77. The van der Waals surface area contributed by atoms with Gasteiger partial charge in [-0.3, -0.25) is 9.59 Å². The second-order valence-electron chi connectivity index (χ2n) is 11.8. The van der Waals surface area contributed by atoms with Gasteiger partial charge in [0.25, 0.3) is 11.8 Å². The molecule has 0 saturated carbocycles. The van der Waals surface area contributed by atoms with Crippen LogP contribution in [-0.4, -0.2) is 69.3 Å². The highest BCUT2D eigenvalue weighted by Gasteiger charge is 2.44. The Morgan fingerprint density at radius 2 is 1.91 bits per heavy atom. The molecule has 0 aliphatic carbocycles. The highest BCUT2D eigenvalue weighted by atomic mass is 16.7. The van der Waals surface area contributed by atoms with Crippen LogP contribution in [0.15, 0.2) is 39.9 Å². The van der Waals surface area contributed by atoms with Crippen molar-refractivity contribution >= 4 is 28.3 Å². The van der Waals surface area contributed by atoms with Crippen molar-refractivity contribution in [2.75, 3.05) is 20.2 Å². The van der Waals surface area contributed by atoms with Crippen LogP contribution in [0, 0.1) is 0 Å². The number of oxime groups is 1. The number of carbonyl (C=O) groups excluding carboxylic acids is 2. The quantitative estimate of drug-likeness (QED) is 0.260. The van der Waals surface area contributed by atoms with Crippen LogP contribution in [0.4, 0.5) is 0 Å². The summed E-state index contributed by atoms with van der Waals surface area (Å²) < 4.78 is 11.7. The SMILES string of the molecule is CCC(=O)CCCCC[C@H](NC(=O)C1=NOC2(CCN(C(C)C)CC2)C1)c1nnc(-c2cc3ccccc3nc2OC)o1. The first kappa shape index (κ1) is 30.6. The zero-order chi connectivity index (χ0) is 30.4. The maximum absolute atomic E-state index is 13.5.